The fourth-order valence-electron chi connectivity index (χ4n) is 2.29. The lowest BCUT2D eigenvalue weighted by atomic mass is 10.2. The SMILES string of the molecule is CC(=O)NC1=NN(c2c(Cl)cc(Cl)cc2Cl)C(=O)C1n1cccn1. The van der Waals surface area contributed by atoms with Crippen LogP contribution in [0.2, 0.25) is 15.1 Å². The molecule has 1 unspecified atom stereocenters. The first-order valence-electron chi connectivity index (χ1n) is 6.72. The molecule has 1 aromatic heterocycles. The highest BCUT2D eigenvalue weighted by Crippen LogP contribution is 2.39. The molecule has 10 heteroatoms. The molecular weight excluding hydrogens is 377 g/mol. The number of nitrogens with one attached hydrogen (secondary N) is 1. The van der Waals surface area contributed by atoms with E-state index in [0.717, 1.165) is 5.01 Å². The molecule has 2 heterocycles. The summed E-state index contributed by atoms with van der Waals surface area (Å²) in [6.07, 6.45) is 3.11. The maximum absolute atomic E-state index is 12.8. The second kappa shape index (κ2) is 6.43. The minimum atomic E-state index is -0.924. The van der Waals surface area contributed by atoms with Gasteiger partial charge in [0.1, 0.15) is 5.69 Å². The van der Waals surface area contributed by atoms with Crippen molar-refractivity contribution in [2.45, 2.75) is 13.0 Å². The molecule has 1 aliphatic heterocycles. The summed E-state index contributed by atoms with van der Waals surface area (Å²) in [5.41, 5.74) is 0.185. The van der Waals surface area contributed by atoms with Crippen molar-refractivity contribution in [1.82, 2.24) is 15.1 Å². The van der Waals surface area contributed by atoms with E-state index in [4.69, 9.17) is 34.8 Å². The highest BCUT2D eigenvalue weighted by Gasteiger charge is 2.40. The number of rotatable bonds is 2. The number of hydrogen-bond acceptors (Lipinski definition) is 4. The maximum atomic E-state index is 12.8. The van der Waals surface area contributed by atoms with E-state index in [1.54, 1.807) is 12.3 Å². The van der Waals surface area contributed by atoms with Crippen LogP contribution in [-0.4, -0.2) is 27.4 Å². The summed E-state index contributed by atoms with van der Waals surface area (Å²) in [5, 5.41) is 12.4. The Bertz CT molecular complexity index is 827. The van der Waals surface area contributed by atoms with Crippen LogP contribution in [0.25, 0.3) is 0 Å². The van der Waals surface area contributed by atoms with E-state index in [1.165, 1.54) is 29.9 Å². The van der Waals surface area contributed by atoms with Crippen molar-refractivity contribution in [3.8, 4) is 0 Å². The van der Waals surface area contributed by atoms with Crippen molar-refractivity contribution >= 4 is 58.1 Å². The van der Waals surface area contributed by atoms with Crippen molar-refractivity contribution in [1.29, 1.82) is 0 Å². The van der Waals surface area contributed by atoms with Crippen LogP contribution in [0, 0.1) is 0 Å². The number of anilines is 1. The van der Waals surface area contributed by atoms with Gasteiger partial charge in [-0.05, 0) is 18.2 Å². The number of hydrazone groups is 1. The molecule has 124 valence electrons. The van der Waals surface area contributed by atoms with Crippen LogP contribution in [-0.2, 0) is 9.59 Å². The Hall–Kier alpha value is -2.09. The molecule has 0 fully saturated rings. The van der Waals surface area contributed by atoms with Gasteiger partial charge in [0.2, 0.25) is 5.91 Å². The average Bonchev–Trinajstić information content (AvgIpc) is 3.06. The van der Waals surface area contributed by atoms with E-state index < -0.39 is 11.9 Å². The molecule has 2 aromatic rings. The number of amides is 2. The molecule has 0 bridgehead atoms. The van der Waals surface area contributed by atoms with Crippen molar-refractivity contribution < 1.29 is 9.59 Å². The molecule has 0 radical (unpaired) electrons. The Labute approximate surface area is 151 Å². The first kappa shape index (κ1) is 16.8. The molecule has 0 aliphatic carbocycles. The molecule has 1 N–H and O–H groups in total. The zero-order valence-corrected chi connectivity index (χ0v) is 14.5. The molecule has 0 saturated carbocycles. The van der Waals surface area contributed by atoms with Crippen LogP contribution in [0.4, 0.5) is 5.69 Å². The highest BCUT2D eigenvalue weighted by molar-refractivity contribution is 6.42. The second-order valence-corrected chi connectivity index (χ2v) is 6.17. The maximum Gasteiger partial charge on any atom is 0.280 e. The second-order valence-electron chi connectivity index (χ2n) is 4.92. The van der Waals surface area contributed by atoms with Gasteiger partial charge in [-0.2, -0.15) is 10.1 Å². The Kier molecular flexibility index (Phi) is 4.49. The van der Waals surface area contributed by atoms with Gasteiger partial charge >= 0.3 is 0 Å². The van der Waals surface area contributed by atoms with Gasteiger partial charge in [0, 0.05) is 24.3 Å². The third-order valence-electron chi connectivity index (χ3n) is 3.20. The summed E-state index contributed by atoms with van der Waals surface area (Å²) in [4.78, 5) is 24.3. The molecule has 7 nitrogen and oxygen atoms in total. The molecule has 24 heavy (non-hydrogen) atoms. The Balaban J connectivity index is 2.08. The van der Waals surface area contributed by atoms with Crippen LogP contribution >= 0.6 is 34.8 Å². The monoisotopic (exact) mass is 385 g/mol. The molecular formula is C14H10Cl3N5O2. The van der Waals surface area contributed by atoms with Crippen molar-refractivity contribution in [2.24, 2.45) is 5.10 Å². The molecule has 3 rings (SSSR count). The number of amidine groups is 1. The normalized spacial score (nSPS) is 17.2. The van der Waals surface area contributed by atoms with Crippen LogP contribution in [0.5, 0.6) is 0 Å². The highest BCUT2D eigenvalue weighted by atomic mass is 35.5. The van der Waals surface area contributed by atoms with E-state index in [1.807, 2.05) is 0 Å². The summed E-state index contributed by atoms with van der Waals surface area (Å²) in [6.45, 7) is 1.32. The Morgan fingerprint density at radius 3 is 2.46 bits per heavy atom. The lowest BCUT2D eigenvalue weighted by molar-refractivity contribution is -0.119. The summed E-state index contributed by atoms with van der Waals surface area (Å²) >= 11 is 18.2. The van der Waals surface area contributed by atoms with Gasteiger partial charge in [-0.15, -0.1) is 5.10 Å². The van der Waals surface area contributed by atoms with Gasteiger partial charge in [-0.3, -0.25) is 14.3 Å². The van der Waals surface area contributed by atoms with E-state index in [2.05, 4.69) is 15.5 Å². The molecule has 2 amide bonds. The standard InChI is InChI=1S/C14H10Cl3N5O2/c1-7(23)19-13-12(21-4-2-3-18-21)14(24)22(20-13)11-9(16)5-8(15)6-10(11)17/h2-6,12H,1H3,(H,19,20,23). The first-order chi connectivity index (χ1) is 11.4. The summed E-state index contributed by atoms with van der Waals surface area (Å²) in [6, 6.07) is 3.63. The van der Waals surface area contributed by atoms with Crippen molar-refractivity contribution in [2.75, 3.05) is 5.01 Å². The Morgan fingerprint density at radius 1 is 1.25 bits per heavy atom. The quantitative estimate of drug-likeness (QED) is 0.862. The molecule has 1 aromatic carbocycles. The van der Waals surface area contributed by atoms with Gasteiger partial charge in [-0.1, -0.05) is 34.8 Å². The van der Waals surface area contributed by atoms with Gasteiger partial charge < -0.3 is 5.32 Å². The van der Waals surface area contributed by atoms with E-state index in [0.29, 0.717) is 5.02 Å². The summed E-state index contributed by atoms with van der Waals surface area (Å²) < 4.78 is 1.38. The number of hydrogen-bond donors (Lipinski definition) is 1. The predicted octanol–water partition coefficient (Wildman–Crippen LogP) is 2.88. The first-order valence-corrected chi connectivity index (χ1v) is 7.85. The van der Waals surface area contributed by atoms with E-state index in [9.17, 15) is 9.59 Å². The van der Waals surface area contributed by atoms with Gasteiger partial charge in [0.15, 0.2) is 11.9 Å². The number of aromatic nitrogens is 2. The third-order valence-corrected chi connectivity index (χ3v) is 3.99. The molecule has 0 spiro atoms. The van der Waals surface area contributed by atoms with E-state index in [-0.39, 0.29) is 27.5 Å². The minimum absolute atomic E-state index is 0.123. The number of benzene rings is 1. The largest absolute Gasteiger partial charge is 0.311 e. The smallest absolute Gasteiger partial charge is 0.280 e. The van der Waals surface area contributed by atoms with Gasteiger partial charge in [0.25, 0.3) is 5.91 Å². The number of carbonyl (C=O) groups excluding carboxylic acids is 2. The predicted molar refractivity (Wildman–Crippen MR) is 91.5 cm³/mol. The van der Waals surface area contributed by atoms with Crippen LogP contribution in [0.3, 0.4) is 0 Å². The number of carbonyl (C=O) groups is 2. The lowest BCUT2D eigenvalue weighted by Crippen LogP contribution is -2.37. The van der Waals surface area contributed by atoms with Gasteiger partial charge in [0.05, 0.1) is 10.0 Å². The van der Waals surface area contributed by atoms with E-state index >= 15 is 0 Å². The van der Waals surface area contributed by atoms with Crippen molar-refractivity contribution in [3.05, 3.63) is 45.7 Å². The third kappa shape index (κ3) is 2.98. The summed E-state index contributed by atoms with van der Waals surface area (Å²) in [5.74, 6) is -0.708. The molecule has 1 atom stereocenters. The minimum Gasteiger partial charge on any atom is -0.311 e. The fraction of sp³-hybridized carbons (Fsp3) is 0.143. The Morgan fingerprint density at radius 2 is 1.92 bits per heavy atom. The average molecular weight is 387 g/mol. The van der Waals surface area contributed by atoms with Crippen molar-refractivity contribution in [3.63, 3.8) is 0 Å². The molecule has 0 saturated heterocycles. The molecule has 1 aliphatic rings. The topological polar surface area (TPSA) is 79.6 Å². The van der Waals surface area contributed by atoms with Crippen LogP contribution in [0.15, 0.2) is 35.7 Å². The van der Waals surface area contributed by atoms with Crippen LogP contribution in [0.1, 0.15) is 13.0 Å². The lowest BCUT2D eigenvalue weighted by Gasteiger charge is -2.17. The summed E-state index contributed by atoms with van der Waals surface area (Å²) in [7, 11) is 0. The number of nitrogens with zero attached hydrogens (tertiary/aromatic N) is 4. The zero-order chi connectivity index (χ0) is 17.4. The van der Waals surface area contributed by atoms with Gasteiger partial charge in [-0.25, -0.2) is 0 Å². The van der Waals surface area contributed by atoms with Crippen LogP contribution < -0.4 is 10.3 Å². The number of halogens is 3. The zero-order valence-electron chi connectivity index (χ0n) is 12.2. The fourth-order valence-corrected chi connectivity index (χ4v) is 3.26.